The van der Waals surface area contributed by atoms with Gasteiger partial charge in [0.2, 0.25) is 0 Å². The van der Waals surface area contributed by atoms with E-state index in [9.17, 15) is 0 Å². The van der Waals surface area contributed by atoms with Crippen LogP contribution >= 0.6 is 0 Å². The molecule has 0 aliphatic heterocycles. The zero-order valence-corrected chi connectivity index (χ0v) is 12.9. The largest absolute Gasteiger partial charge is 0.304 e. The number of aryl methyl sites for hydroxylation is 1. The Morgan fingerprint density at radius 3 is 1.75 bits per heavy atom. The molecular formula is C19H25N. The van der Waals surface area contributed by atoms with Crippen LogP contribution in [-0.4, -0.2) is 24.5 Å². The number of likely N-dealkylation sites (N-methyl/N-ethyl adjacent to an activating group) is 1. The number of hydrogen-bond donors (Lipinski definition) is 0. The van der Waals surface area contributed by atoms with Crippen LogP contribution in [0.15, 0.2) is 48.5 Å². The Kier molecular flexibility index (Phi) is 5.37. The molecule has 2 rings (SSSR count). The first-order valence-corrected chi connectivity index (χ1v) is 7.61. The van der Waals surface area contributed by atoms with Gasteiger partial charge in [-0.25, -0.2) is 0 Å². The van der Waals surface area contributed by atoms with Crippen LogP contribution in [0, 0.1) is 6.92 Å². The van der Waals surface area contributed by atoms with Crippen molar-refractivity contribution in [3.8, 4) is 11.1 Å². The van der Waals surface area contributed by atoms with Gasteiger partial charge in [-0.15, -0.1) is 0 Å². The van der Waals surface area contributed by atoms with Crippen molar-refractivity contribution in [3.63, 3.8) is 0 Å². The summed E-state index contributed by atoms with van der Waals surface area (Å²) in [4.78, 5) is 2.47. The molecule has 0 heterocycles. The van der Waals surface area contributed by atoms with Crippen LogP contribution in [0.25, 0.3) is 11.1 Å². The van der Waals surface area contributed by atoms with E-state index in [0.717, 1.165) is 26.1 Å². The topological polar surface area (TPSA) is 3.24 Å². The lowest BCUT2D eigenvalue weighted by Gasteiger charge is -2.17. The summed E-state index contributed by atoms with van der Waals surface area (Å²) in [5.41, 5.74) is 5.33. The van der Waals surface area contributed by atoms with Gasteiger partial charge < -0.3 is 4.90 Å². The third-order valence-electron chi connectivity index (χ3n) is 3.95. The predicted molar refractivity (Wildman–Crippen MR) is 88.1 cm³/mol. The van der Waals surface area contributed by atoms with E-state index in [4.69, 9.17) is 0 Å². The fraction of sp³-hybridized carbons (Fsp3) is 0.368. The van der Waals surface area contributed by atoms with Crippen LogP contribution in [0.1, 0.15) is 25.0 Å². The molecule has 0 fully saturated rings. The summed E-state index contributed by atoms with van der Waals surface area (Å²) in [7, 11) is 0. The predicted octanol–water partition coefficient (Wildman–Crippen LogP) is 4.55. The lowest BCUT2D eigenvalue weighted by molar-refractivity contribution is 0.308. The molecule has 0 atom stereocenters. The first-order valence-electron chi connectivity index (χ1n) is 7.61. The van der Waals surface area contributed by atoms with E-state index in [2.05, 4.69) is 74.2 Å². The molecular weight excluding hydrogens is 242 g/mol. The van der Waals surface area contributed by atoms with E-state index in [0.29, 0.717) is 0 Å². The van der Waals surface area contributed by atoms with Gasteiger partial charge in [0.15, 0.2) is 0 Å². The van der Waals surface area contributed by atoms with Crippen molar-refractivity contribution in [3.05, 3.63) is 59.7 Å². The summed E-state index contributed by atoms with van der Waals surface area (Å²) >= 11 is 0. The molecule has 0 bridgehead atoms. The SMILES string of the molecule is CCN(CC)CCc1ccc(-c2ccc(C)cc2)cc1. The van der Waals surface area contributed by atoms with Gasteiger partial charge in [0.05, 0.1) is 0 Å². The number of hydrogen-bond acceptors (Lipinski definition) is 1. The van der Waals surface area contributed by atoms with Crippen LogP contribution in [0.2, 0.25) is 0 Å². The molecule has 2 aromatic carbocycles. The minimum atomic E-state index is 1.13. The van der Waals surface area contributed by atoms with Crippen molar-refractivity contribution in [2.24, 2.45) is 0 Å². The molecule has 2 aromatic rings. The lowest BCUT2D eigenvalue weighted by Crippen LogP contribution is -2.25. The maximum Gasteiger partial charge on any atom is 0.00216 e. The second-order valence-corrected chi connectivity index (χ2v) is 5.34. The second-order valence-electron chi connectivity index (χ2n) is 5.34. The molecule has 0 aliphatic rings. The third-order valence-corrected chi connectivity index (χ3v) is 3.95. The molecule has 0 radical (unpaired) electrons. The van der Waals surface area contributed by atoms with E-state index in [1.54, 1.807) is 0 Å². The number of nitrogens with zero attached hydrogens (tertiary/aromatic N) is 1. The molecule has 0 aromatic heterocycles. The third kappa shape index (κ3) is 3.94. The smallest absolute Gasteiger partial charge is 0.00216 e. The van der Waals surface area contributed by atoms with Crippen LogP contribution in [0.4, 0.5) is 0 Å². The van der Waals surface area contributed by atoms with E-state index in [-0.39, 0.29) is 0 Å². The number of rotatable bonds is 6. The van der Waals surface area contributed by atoms with Gasteiger partial charge in [0, 0.05) is 6.54 Å². The standard InChI is InChI=1S/C19H25N/c1-4-20(5-2)15-14-17-8-12-19(13-9-17)18-10-6-16(3)7-11-18/h6-13H,4-5,14-15H2,1-3H3. The Balaban J connectivity index is 2.01. The Bertz CT molecular complexity index is 506. The van der Waals surface area contributed by atoms with Gasteiger partial charge in [0.1, 0.15) is 0 Å². The number of benzene rings is 2. The second kappa shape index (κ2) is 7.25. The van der Waals surface area contributed by atoms with Gasteiger partial charge in [-0.2, -0.15) is 0 Å². The first kappa shape index (κ1) is 14.8. The maximum atomic E-state index is 2.47. The molecule has 1 heteroatoms. The molecule has 0 aliphatic carbocycles. The van der Waals surface area contributed by atoms with Crippen molar-refractivity contribution in [1.82, 2.24) is 4.90 Å². The lowest BCUT2D eigenvalue weighted by atomic mass is 10.0. The highest BCUT2D eigenvalue weighted by atomic mass is 15.1. The molecule has 0 unspecified atom stereocenters. The highest BCUT2D eigenvalue weighted by Crippen LogP contribution is 2.20. The quantitative estimate of drug-likeness (QED) is 0.742. The molecule has 1 nitrogen and oxygen atoms in total. The average molecular weight is 267 g/mol. The minimum Gasteiger partial charge on any atom is -0.304 e. The Morgan fingerprint density at radius 1 is 0.750 bits per heavy atom. The van der Waals surface area contributed by atoms with Crippen LogP contribution in [-0.2, 0) is 6.42 Å². The minimum absolute atomic E-state index is 1.13. The summed E-state index contributed by atoms with van der Waals surface area (Å²) in [6, 6.07) is 17.7. The zero-order valence-electron chi connectivity index (χ0n) is 12.9. The van der Waals surface area contributed by atoms with Gasteiger partial charge >= 0.3 is 0 Å². The Labute approximate surface area is 123 Å². The Hall–Kier alpha value is -1.60. The van der Waals surface area contributed by atoms with E-state index >= 15 is 0 Å². The van der Waals surface area contributed by atoms with Crippen molar-refractivity contribution in [2.45, 2.75) is 27.2 Å². The van der Waals surface area contributed by atoms with E-state index in [1.807, 2.05) is 0 Å². The summed E-state index contributed by atoms with van der Waals surface area (Å²) < 4.78 is 0. The molecule has 0 saturated heterocycles. The van der Waals surface area contributed by atoms with Gasteiger partial charge in [0.25, 0.3) is 0 Å². The van der Waals surface area contributed by atoms with Gasteiger partial charge in [-0.05, 0) is 43.1 Å². The van der Waals surface area contributed by atoms with Crippen molar-refractivity contribution >= 4 is 0 Å². The van der Waals surface area contributed by atoms with Crippen molar-refractivity contribution in [1.29, 1.82) is 0 Å². The van der Waals surface area contributed by atoms with Gasteiger partial charge in [-0.3, -0.25) is 0 Å². The van der Waals surface area contributed by atoms with Gasteiger partial charge in [-0.1, -0.05) is 67.9 Å². The Morgan fingerprint density at radius 2 is 1.25 bits per heavy atom. The summed E-state index contributed by atoms with van der Waals surface area (Å²) in [5, 5.41) is 0. The molecule has 0 saturated carbocycles. The van der Waals surface area contributed by atoms with E-state index < -0.39 is 0 Å². The van der Waals surface area contributed by atoms with Crippen LogP contribution < -0.4 is 0 Å². The summed E-state index contributed by atoms with van der Waals surface area (Å²) in [6.45, 7) is 10.0. The zero-order chi connectivity index (χ0) is 14.4. The molecule has 20 heavy (non-hydrogen) atoms. The fourth-order valence-corrected chi connectivity index (χ4v) is 2.44. The first-order chi connectivity index (χ1) is 9.72. The van der Waals surface area contributed by atoms with Crippen molar-refractivity contribution in [2.75, 3.05) is 19.6 Å². The maximum absolute atomic E-state index is 2.47. The summed E-state index contributed by atoms with van der Waals surface area (Å²) in [5.74, 6) is 0. The fourth-order valence-electron chi connectivity index (χ4n) is 2.44. The highest BCUT2D eigenvalue weighted by Gasteiger charge is 2.01. The average Bonchev–Trinajstić information content (AvgIpc) is 2.50. The molecule has 0 N–H and O–H groups in total. The van der Waals surface area contributed by atoms with Crippen LogP contribution in [0.3, 0.4) is 0 Å². The highest BCUT2D eigenvalue weighted by molar-refractivity contribution is 5.63. The molecule has 106 valence electrons. The van der Waals surface area contributed by atoms with Crippen molar-refractivity contribution < 1.29 is 0 Å². The van der Waals surface area contributed by atoms with Crippen LogP contribution in [0.5, 0.6) is 0 Å². The summed E-state index contributed by atoms with van der Waals surface area (Å²) in [6.07, 6.45) is 1.13. The molecule has 0 spiro atoms. The normalized spacial score (nSPS) is 11.0. The molecule has 0 amide bonds. The monoisotopic (exact) mass is 267 g/mol. The van der Waals surface area contributed by atoms with E-state index in [1.165, 1.54) is 22.3 Å².